The fraction of sp³-hybridized carbons (Fsp3) is 0.292. The van der Waals surface area contributed by atoms with Crippen molar-refractivity contribution < 1.29 is 23.8 Å². The number of methoxy groups -OCH3 is 3. The van der Waals surface area contributed by atoms with E-state index in [0.29, 0.717) is 35.2 Å². The summed E-state index contributed by atoms with van der Waals surface area (Å²) in [4.78, 5) is 25.5. The maximum absolute atomic E-state index is 12.8. The number of nitrogens with one attached hydrogen (secondary N) is 2. The second-order valence-electron chi connectivity index (χ2n) is 7.53. The van der Waals surface area contributed by atoms with Crippen molar-refractivity contribution in [1.29, 1.82) is 0 Å². The molecule has 0 radical (unpaired) electrons. The van der Waals surface area contributed by atoms with Gasteiger partial charge < -0.3 is 24.8 Å². The highest BCUT2D eigenvalue weighted by atomic mass is 16.5. The van der Waals surface area contributed by atoms with Crippen molar-refractivity contribution in [2.75, 3.05) is 32.0 Å². The monoisotopic (exact) mass is 450 g/mol. The third kappa shape index (κ3) is 4.21. The number of carbonyl (C=O) groups is 2. The minimum Gasteiger partial charge on any atom is -0.497 e. The third-order valence-corrected chi connectivity index (χ3v) is 5.56. The number of nitrogens with zero attached hydrogens (tertiary/aromatic N) is 2. The quantitative estimate of drug-likeness (QED) is 0.543. The van der Waals surface area contributed by atoms with E-state index in [1.165, 1.54) is 0 Å². The Morgan fingerprint density at radius 1 is 1.09 bits per heavy atom. The van der Waals surface area contributed by atoms with Crippen LogP contribution in [-0.2, 0) is 16.0 Å². The van der Waals surface area contributed by atoms with Gasteiger partial charge in [0.2, 0.25) is 5.91 Å². The first kappa shape index (κ1) is 22.2. The highest BCUT2D eigenvalue weighted by Gasteiger charge is 2.37. The third-order valence-electron chi connectivity index (χ3n) is 5.56. The number of aromatic nitrogens is 2. The molecule has 0 fully saturated rings. The van der Waals surface area contributed by atoms with Gasteiger partial charge in [0.25, 0.3) is 5.91 Å². The van der Waals surface area contributed by atoms with Crippen LogP contribution >= 0.6 is 0 Å². The number of benzene rings is 2. The molecule has 2 amide bonds. The number of aryl methyl sites for hydroxylation is 1. The van der Waals surface area contributed by atoms with E-state index in [1.54, 1.807) is 50.3 Å². The first-order chi connectivity index (χ1) is 16.0. The van der Waals surface area contributed by atoms with Gasteiger partial charge in [0, 0.05) is 17.3 Å². The van der Waals surface area contributed by atoms with E-state index in [4.69, 9.17) is 14.2 Å². The number of ether oxygens (including phenoxy) is 3. The molecular weight excluding hydrogens is 424 g/mol. The number of carbonyl (C=O) groups excluding carboxylic acids is 2. The van der Waals surface area contributed by atoms with Gasteiger partial charge in [-0.25, -0.2) is 4.68 Å². The van der Waals surface area contributed by atoms with Gasteiger partial charge in [0.05, 0.1) is 33.4 Å². The van der Waals surface area contributed by atoms with Gasteiger partial charge in [0.1, 0.15) is 17.6 Å². The van der Waals surface area contributed by atoms with E-state index in [9.17, 15) is 9.59 Å². The van der Waals surface area contributed by atoms with Gasteiger partial charge in [-0.2, -0.15) is 5.10 Å². The van der Waals surface area contributed by atoms with Gasteiger partial charge >= 0.3 is 0 Å². The highest BCUT2D eigenvalue weighted by molar-refractivity contribution is 6.04. The largest absolute Gasteiger partial charge is 0.497 e. The van der Waals surface area contributed by atoms with Crippen LogP contribution in [0, 0.1) is 0 Å². The van der Waals surface area contributed by atoms with Crippen LogP contribution < -0.4 is 24.8 Å². The molecule has 172 valence electrons. The Hall–Kier alpha value is -4.01. The lowest BCUT2D eigenvalue weighted by Gasteiger charge is -2.11. The maximum Gasteiger partial charge on any atom is 0.251 e. The van der Waals surface area contributed by atoms with Gasteiger partial charge in [-0.15, -0.1) is 0 Å². The summed E-state index contributed by atoms with van der Waals surface area (Å²) >= 11 is 0. The average Bonchev–Trinajstić information content (AvgIpc) is 3.33. The van der Waals surface area contributed by atoms with Crippen molar-refractivity contribution in [1.82, 2.24) is 9.78 Å². The molecule has 1 unspecified atom stereocenters. The Balaban J connectivity index is 1.62. The molecule has 2 N–H and O–H groups in total. The predicted octanol–water partition coefficient (Wildman–Crippen LogP) is 3.66. The molecule has 2 aromatic carbocycles. The Bertz CT molecular complexity index is 1200. The zero-order chi connectivity index (χ0) is 23.5. The molecule has 9 nitrogen and oxygen atoms in total. The van der Waals surface area contributed by atoms with Crippen LogP contribution in [0.1, 0.15) is 25.1 Å². The number of anilines is 2. The summed E-state index contributed by atoms with van der Waals surface area (Å²) in [6.07, 6.45) is 0.606. The second kappa shape index (κ2) is 9.23. The normalized spacial score (nSPS) is 14.4. The Labute approximate surface area is 191 Å². The SMILES string of the molecule is CCc1nn2c(c1-c1ccc(OC)c(OC)c1)NC(=O)C2CC(=O)Nc1cccc(OC)c1. The van der Waals surface area contributed by atoms with Crippen LogP contribution in [0.15, 0.2) is 42.5 Å². The predicted molar refractivity (Wildman–Crippen MR) is 124 cm³/mol. The molecule has 1 aliphatic rings. The summed E-state index contributed by atoms with van der Waals surface area (Å²) in [5, 5.41) is 10.4. The lowest BCUT2D eigenvalue weighted by Crippen LogP contribution is -2.24. The molecule has 0 saturated carbocycles. The first-order valence-electron chi connectivity index (χ1n) is 10.6. The van der Waals surface area contributed by atoms with Crippen molar-refractivity contribution in [2.24, 2.45) is 0 Å². The van der Waals surface area contributed by atoms with Crippen LogP contribution in [0.5, 0.6) is 17.2 Å². The van der Waals surface area contributed by atoms with E-state index in [1.807, 2.05) is 25.1 Å². The van der Waals surface area contributed by atoms with Gasteiger partial charge in [0.15, 0.2) is 11.5 Å². The molecule has 0 spiro atoms. The van der Waals surface area contributed by atoms with E-state index >= 15 is 0 Å². The van der Waals surface area contributed by atoms with E-state index in [2.05, 4.69) is 15.7 Å². The van der Waals surface area contributed by atoms with E-state index in [0.717, 1.165) is 16.8 Å². The zero-order valence-corrected chi connectivity index (χ0v) is 19.0. The van der Waals surface area contributed by atoms with Crippen LogP contribution in [0.2, 0.25) is 0 Å². The minimum absolute atomic E-state index is 0.0494. The van der Waals surface area contributed by atoms with E-state index in [-0.39, 0.29) is 18.2 Å². The second-order valence-corrected chi connectivity index (χ2v) is 7.53. The van der Waals surface area contributed by atoms with Crippen molar-refractivity contribution in [3.05, 3.63) is 48.2 Å². The lowest BCUT2D eigenvalue weighted by molar-refractivity contribution is -0.123. The summed E-state index contributed by atoms with van der Waals surface area (Å²) in [6, 6.07) is 11.9. The summed E-state index contributed by atoms with van der Waals surface area (Å²) < 4.78 is 17.6. The van der Waals surface area contributed by atoms with Gasteiger partial charge in [-0.1, -0.05) is 19.1 Å². The van der Waals surface area contributed by atoms with Crippen molar-refractivity contribution >= 4 is 23.3 Å². The Kier molecular flexibility index (Phi) is 6.21. The molecule has 3 aromatic rings. The topological polar surface area (TPSA) is 104 Å². The van der Waals surface area contributed by atoms with Crippen molar-refractivity contribution in [3.8, 4) is 28.4 Å². The molecule has 0 bridgehead atoms. The Morgan fingerprint density at radius 3 is 2.58 bits per heavy atom. The molecule has 4 rings (SSSR count). The summed E-state index contributed by atoms with van der Waals surface area (Å²) in [6.45, 7) is 1.99. The number of hydrogen-bond donors (Lipinski definition) is 2. The van der Waals surface area contributed by atoms with Crippen LogP contribution in [0.4, 0.5) is 11.5 Å². The van der Waals surface area contributed by atoms with Gasteiger partial charge in [-0.3, -0.25) is 9.59 Å². The Morgan fingerprint density at radius 2 is 1.88 bits per heavy atom. The molecule has 1 aromatic heterocycles. The number of rotatable bonds is 8. The summed E-state index contributed by atoms with van der Waals surface area (Å²) in [5.41, 5.74) is 3.06. The van der Waals surface area contributed by atoms with E-state index < -0.39 is 6.04 Å². The lowest BCUT2D eigenvalue weighted by atomic mass is 10.0. The number of amides is 2. The molecule has 9 heteroatoms. The fourth-order valence-electron chi connectivity index (χ4n) is 3.95. The van der Waals surface area contributed by atoms with Crippen molar-refractivity contribution in [3.63, 3.8) is 0 Å². The number of hydrogen-bond acceptors (Lipinski definition) is 6. The molecular formula is C24H26N4O5. The summed E-state index contributed by atoms with van der Waals surface area (Å²) in [5.74, 6) is 1.83. The molecule has 1 aliphatic heterocycles. The summed E-state index contributed by atoms with van der Waals surface area (Å²) in [7, 11) is 4.71. The first-order valence-corrected chi connectivity index (χ1v) is 10.6. The van der Waals surface area contributed by atoms with Gasteiger partial charge in [-0.05, 0) is 36.2 Å². The average molecular weight is 450 g/mol. The highest BCUT2D eigenvalue weighted by Crippen LogP contribution is 2.41. The van der Waals surface area contributed by atoms with Crippen LogP contribution in [0.3, 0.4) is 0 Å². The molecule has 33 heavy (non-hydrogen) atoms. The fourth-order valence-corrected chi connectivity index (χ4v) is 3.95. The molecule has 2 heterocycles. The molecule has 0 saturated heterocycles. The number of fused-ring (bicyclic) bond motifs is 1. The molecule has 1 atom stereocenters. The smallest absolute Gasteiger partial charge is 0.251 e. The van der Waals surface area contributed by atoms with Crippen LogP contribution in [-0.4, -0.2) is 42.9 Å². The maximum atomic E-state index is 12.8. The van der Waals surface area contributed by atoms with Crippen molar-refractivity contribution in [2.45, 2.75) is 25.8 Å². The minimum atomic E-state index is -0.746. The van der Waals surface area contributed by atoms with Crippen LogP contribution in [0.25, 0.3) is 11.1 Å². The molecule has 0 aliphatic carbocycles. The zero-order valence-electron chi connectivity index (χ0n) is 19.0. The standard InChI is InChI=1S/C24H26N4O5/c1-5-17-22(14-9-10-19(32-3)20(11-14)33-4)23-26-24(30)18(28(23)27-17)13-21(29)25-15-7-6-8-16(12-15)31-2/h6-12,18H,5,13H2,1-4H3,(H,25,29)(H,26,30).